The number of hydrogen-bond acceptors (Lipinski definition) is 5. The molecule has 1 N–H and O–H groups in total. The number of carbonyl (C=O) groups excluding carboxylic acids is 2. The molecule has 0 saturated carbocycles. The van der Waals surface area contributed by atoms with Gasteiger partial charge in [-0.3, -0.25) is 4.79 Å². The maximum Gasteiger partial charge on any atom is 0.334 e. The van der Waals surface area contributed by atoms with Gasteiger partial charge in [0.05, 0.1) is 25.4 Å². The molecule has 0 aromatic carbocycles. The number of methoxy groups -OCH3 is 1. The monoisotopic (exact) mass is 294 g/mol. The number of esters is 1. The molecule has 7 heteroatoms. The highest BCUT2D eigenvalue weighted by molar-refractivity contribution is 5.90. The van der Waals surface area contributed by atoms with Crippen LogP contribution in [0.3, 0.4) is 0 Å². The van der Waals surface area contributed by atoms with Crippen LogP contribution in [-0.4, -0.2) is 34.0 Å². The lowest BCUT2D eigenvalue weighted by molar-refractivity contribution is -0.136. The van der Waals surface area contributed by atoms with Gasteiger partial charge in [0.2, 0.25) is 5.91 Å². The van der Waals surface area contributed by atoms with Crippen molar-refractivity contribution in [1.29, 1.82) is 0 Å². The topological polar surface area (TPSA) is 86.1 Å². The van der Waals surface area contributed by atoms with E-state index in [-0.39, 0.29) is 11.8 Å². The Morgan fingerprint density at radius 2 is 2.10 bits per heavy atom. The third-order valence-electron chi connectivity index (χ3n) is 3.19. The Hall–Kier alpha value is -2.18. The molecule has 0 aliphatic carbocycles. The average molecular weight is 294 g/mol. The third kappa shape index (κ3) is 5.02. The van der Waals surface area contributed by atoms with Crippen LogP contribution < -0.4 is 5.32 Å². The second-order valence-electron chi connectivity index (χ2n) is 4.72. The molecule has 0 saturated heterocycles. The molecule has 0 aliphatic rings. The van der Waals surface area contributed by atoms with Gasteiger partial charge in [-0.1, -0.05) is 19.1 Å². The molecule has 0 radical (unpaired) electrons. The average Bonchev–Trinajstić information content (AvgIpc) is 2.92. The Morgan fingerprint density at radius 3 is 2.67 bits per heavy atom. The number of hydrogen-bond donors (Lipinski definition) is 1. The number of rotatable bonds is 7. The molecular weight excluding hydrogens is 272 g/mol. The van der Waals surface area contributed by atoms with Crippen LogP contribution in [0.4, 0.5) is 0 Å². The Labute approximate surface area is 124 Å². The lowest BCUT2D eigenvalue weighted by atomic mass is 10.0. The molecule has 0 aliphatic heterocycles. The fraction of sp³-hybridized carbons (Fsp3) is 0.571. The molecule has 1 heterocycles. The van der Waals surface area contributed by atoms with Crippen LogP contribution >= 0.6 is 0 Å². The summed E-state index contributed by atoms with van der Waals surface area (Å²) in [5.74, 6) is -0.369. The van der Waals surface area contributed by atoms with Crippen LogP contribution in [0.25, 0.3) is 6.20 Å². The highest BCUT2D eigenvalue weighted by atomic mass is 16.5. The van der Waals surface area contributed by atoms with Crippen LogP contribution in [0.2, 0.25) is 0 Å². The largest absolute Gasteiger partial charge is 0.466 e. The first-order valence-corrected chi connectivity index (χ1v) is 6.96. The zero-order chi connectivity index (χ0) is 15.8. The van der Waals surface area contributed by atoms with Gasteiger partial charge in [-0.05, 0) is 19.8 Å². The highest BCUT2D eigenvalue weighted by Gasteiger charge is 2.14. The summed E-state index contributed by atoms with van der Waals surface area (Å²) < 4.78 is 6.02. The Morgan fingerprint density at radius 1 is 1.43 bits per heavy atom. The SMILES string of the molecule is CCC(CC)C(=O)NCc1cn(C=C(C)C(=O)OC)nn1. The van der Waals surface area contributed by atoms with Crippen LogP contribution in [-0.2, 0) is 20.9 Å². The van der Waals surface area contributed by atoms with Crippen molar-refractivity contribution < 1.29 is 14.3 Å². The zero-order valence-electron chi connectivity index (χ0n) is 12.9. The van der Waals surface area contributed by atoms with Crippen molar-refractivity contribution in [2.75, 3.05) is 7.11 Å². The van der Waals surface area contributed by atoms with Crippen molar-refractivity contribution in [2.24, 2.45) is 5.92 Å². The van der Waals surface area contributed by atoms with Gasteiger partial charge in [0.25, 0.3) is 0 Å². The molecule has 1 amide bonds. The van der Waals surface area contributed by atoms with E-state index in [1.165, 1.54) is 18.0 Å². The van der Waals surface area contributed by atoms with Crippen molar-refractivity contribution in [2.45, 2.75) is 40.2 Å². The summed E-state index contributed by atoms with van der Waals surface area (Å²) in [5.41, 5.74) is 1.04. The van der Waals surface area contributed by atoms with E-state index >= 15 is 0 Å². The van der Waals surface area contributed by atoms with Gasteiger partial charge in [0.15, 0.2) is 0 Å². The second-order valence-corrected chi connectivity index (χ2v) is 4.72. The van der Waals surface area contributed by atoms with Crippen molar-refractivity contribution in [3.05, 3.63) is 17.5 Å². The molecule has 116 valence electrons. The van der Waals surface area contributed by atoms with Crippen molar-refractivity contribution in [1.82, 2.24) is 20.3 Å². The summed E-state index contributed by atoms with van der Waals surface area (Å²) in [6, 6.07) is 0. The van der Waals surface area contributed by atoms with E-state index in [4.69, 9.17) is 0 Å². The van der Waals surface area contributed by atoms with E-state index in [1.54, 1.807) is 13.1 Å². The number of aromatic nitrogens is 3. The summed E-state index contributed by atoms with van der Waals surface area (Å²) in [5, 5.41) is 10.6. The minimum atomic E-state index is -0.422. The van der Waals surface area contributed by atoms with Gasteiger partial charge in [0, 0.05) is 12.1 Å². The molecular formula is C14H22N4O3. The van der Waals surface area contributed by atoms with Crippen LogP contribution in [0.5, 0.6) is 0 Å². The van der Waals surface area contributed by atoms with Gasteiger partial charge in [-0.2, -0.15) is 0 Å². The number of nitrogens with zero attached hydrogens (tertiary/aromatic N) is 3. The smallest absolute Gasteiger partial charge is 0.334 e. The molecule has 0 bridgehead atoms. The van der Waals surface area contributed by atoms with Crippen molar-refractivity contribution in [3.63, 3.8) is 0 Å². The quantitative estimate of drug-likeness (QED) is 0.606. The molecule has 0 atom stereocenters. The summed E-state index contributed by atoms with van der Waals surface area (Å²) in [6.07, 6.45) is 4.80. The van der Waals surface area contributed by atoms with E-state index in [2.05, 4.69) is 20.4 Å². The maximum atomic E-state index is 11.9. The lowest BCUT2D eigenvalue weighted by Crippen LogP contribution is -2.29. The van der Waals surface area contributed by atoms with E-state index in [1.807, 2.05) is 13.8 Å². The normalized spacial score (nSPS) is 11.6. The third-order valence-corrected chi connectivity index (χ3v) is 3.19. The minimum Gasteiger partial charge on any atom is -0.466 e. The van der Waals surface area contributed by atoms with E-state index in [0.29, 0.717) is 17.8 Å². The van der Waals surface area contributed by atoms with Crippen LogP contribution in [0.15, 0.2) is 11.8 Å². The van der Waals surface area contributed by atoms with E-state index in [0.717, 1.165) is 12.8 Å². The molecule has 0 fully saturated rings. The number of ether oxygens (including phenoxy) is 1. The summed E-state index contributed by atoms with van der Waals surface area (Å²) in [7, 11) is 1.32. The van der Waals surface area contributed by atoms with Gasteiger partial charge < -0.3 is 10.1 Å². The molecule has 21 heavy (non-hydrogen) atoms. The first kappa shape index (κ1) is 16.9. The fourth-order valence-corrected chi connectivity index (χ4v) is 1.85. The fourth-order valence-electron chi connectivity index (χ4n) is 1.85. The zero-order valence-corrected chi connectivity index (χ0v) is 12.9. The Bertz CT molecular complexity index is 518. The summed E-state index contributed by atoms with van der Waals surface area (Å²) in [4.78, 5) is 23.1. The number of amides is 1. The molecule has 1 rings (SSSR count). The second kappa shape index (κ2) is 8.18. The standard InChI is InChI=1S/C14H22N4O3/c1-5-11(6-2)13(19)15-7-12-9-18(17-16-12)8-10(3)14(20)21-4/h8-9,11H,5-7H2,1-4H3,(H,15,19). The van der Waals surface area contributed by atoms with Crippen molar-refractivity contribution in [3.8, 4) is 0 Å². The number of carbonyl (C=O) groups is 2. The molecule has 1 aromatic rings. The highest BCUT2D eigenvalue weighted by Crippen LogP contribution is 2.07. The van der Waals surface area contributed by atoms with Gasteiger partial charge in [-0.25, -0.2) is 9.48 Å². The summed E-state index contributed by atoms with van der Waals surface area (Å²) in [6.45, 7) is 5.93. The predicted molar refractivity (Wildman–Crippen MR) is 77.9 cm³/mol. The molecule has 1 aromatic heterocycles. The predicted octanol–water partition coefficient (Wildman–Crippen LogP) is 1.36. The van der Waals surface area contributed by atoms with Gasteiger partial charge in [-0.15, -0.1) is 5.10 Å². The Kier molecular flexibility index (Phi) is 6.58. The van der Waals surface area contributed by atoms with E-state index in [9.17, 15) is 9.59 Å². The molecule has 7 nitrogen and oxygen atoms in total. The van der Waals surface area contributed by atoms with E-state index < -0.39 is 5.97 Å². The van der Waals surface area contributed by atoms with Gasteiger partial charge >= 0.3 is 5.97 Å². The van der Waals surface area contributed by atoms with Gasteiger partial charge in [0.1, 0.15) is 5.69 Å². The first-order chi connectivity index (χ1) is 10.0. The maximum absolute atomic E-state index is 11.9. The first-order valence-electron chi connectivity index (χ1n) is 6.96. The molecule has 0 unspecified atom stereocenters. The number of nitrogens with one attached hydrogen (secondary N) is 1. The van der Waals surface area contributed by atoms with Crippen molar-refractivity contribution >= 4 is 18.1 Å². The lowest BCUT2D eigenvalue weighted by Gasteiger charge is -2.11. The minimum absolute atomic E-state index is 0.0239. The summed E-state index contributed by atoms with van der Waals surface area (Å²) >= 11 is 0. The Balaban J connectivity index is 2.60. The van der Waals surface area contributed by atoms with Crippen LogP contribution in [0, 0.1) is 5.92 Å². The van der Waals surface area contributed by atoms with Crippen LogP contribution in [0.1, 0.15) is 39.3 Å². The molecule has 0 spiro atoms.